The Morgan fingerprint density at radius 2 is 1.94 bits per heavy atom. The van der Waals surface area contributed by atoms with Crippen LogP contribution in [0.15, 0.2) is 12.1 Å². The molecule has 1 rings (SSSR count). The smallest absolute Gasteiger partial charge is 0.407 e. The number of alkyl halides is 3. The summed E-state index contributed by atoms with van der Waals surface area (Å²) in [6, 6.07) is 0.154. The van der Waals surface area contributed by atoms with Crippen molar-refractivity contribution in [3.05, 3.63) is 29.1 Å². The second-order valence-electron chi connectivity index (χ2n) is 2.99. The van der Waals surface area contributed by atoms with Gasteiger partial charge < -0.3 is 10.8 Å². The van der Waals surface area contributed by atoms with Crippen molar-refractivity contribution in [3.8, 4) is 11.8 Å². The lowest BCUT2D eigenvalue weighted by molar-refractivity contribution is -0.149. The predicted octanol–water partition coefficient (Wildman–Crippen LogP) is 1.97. The predicted molar refractivity (Wildman–Crippen MR) is 45.8 cm³/mol. The number of nitriles is 1. The van der Waals surface area contributed by atoms with Gasteiger partial charge in [-0.2, -0.15) is 18.4 Å². The summed E-state index contributed by atoms with van der Waals surface area (Å²) in [5.74, 6) is -2.18. The standard InChI is InChI=1S/C9H6F4N2O/c10-6-2-1-4(7(16)5(6)3-14)8(15)9(11,12)13/h1-2,8,16H,15H2/t8-/m0/s1. The maximum absolute atomic E-state index is 12.9. The van der Waals surface area contributed by atoms with Crippen LogP contribution in [-0.2, 0) is 0 Å². The highest BCUT2D eigenvalue weighted by molar-refractivity contribution is 5.49. The Balaban J connectivity index is 3.34. The maximum atomic E-state index is 12.9. The van der Waals surface area contributed by atoms with Gasteiger partial charge in [-0.3, -0.25) is 0 Å². The van der Waals surface area contributed by atoms with Gasteiger partial charge in [0.2, 0.25) is 0 Å². The van der Waals surface area contributed by atoms with E-state index in [-0.39, 0.29) is 0 Å². The number of nitrogens with two attached hydrogens (primary N) is 1. The summed E-state index contributed by atoms with van der Waals surface area (Å²) in [4.78, 5) is 0. The van der Waals surface area contributed by atoms with Gasteiger partial charge in [0.15, 0.2) is 0 Å². The van der Waals surface area contributed by atoms with Crippen LogP contribution < -0.4 is 5.73 Å². The Labute approximate surface area is 87.7 Å². The molecule has 1 atom stereocenters. The van der Waals surface area contributed by atoms with Crippen LogP contribution >= 0.6 is 0 Å². The normalized spacial score (nSPS) is 13.2. The van der Waals surface area contributed by atoms with Crippen LogP contribution in [0.2, 0.25) is 0 Å². The fourth-order valence-electron chi connectivity index (χ4n) is 1.12. The van der Waals surface area contributed by atoms with E-state index in [0.29, 0.717) is 12.1 Å². The highest BCUT2D eigenvalue weighted by atomic mass is 19.4. The minimum atomic E-state index is -4.78. The van der Waals surface area contributed by atoms with E-state index in [0.717, 1.165) is 0 Å². The number of nitrogens with zero attached hydrogens (tertiary/aromatic N) is 1. The maximum Gasteiger partial charge on any atom is 0.407 e. The molecule has 0 radical (unpaired) electrons. The first-order valence-corrected chi connectivity index (χ1v) is 4.02. The second-order valence-corrected chi connectivity index (χ2v) is 2.99. The van der Waals surface area contributed by atoms with Crippen molar-refractivity contribution in [2.75, 3.05) is 0 Å². The van der Waals surface area contributed by atoms with Crippen LogP contribution in [-0.4, -0.2) is 11.3 Å². The number of hydrogen-bond acceptors (Lipinski definition) is 3. The minimum Gasteiger partial charge on any atom is -0.506 e. The zero-order valence-corrected chi connectivity index (χ0v) is 7.72. The zero-order valence-electron chi connectivity index (χ0n) is 7.72. The molecule has 0 fully saturated rings. The van der Waals surface area contributed by atoms with Gasteiger partial charge in [-0.25, -0.2) is 4.39 Å². The first-order chi connectivity index (χ1) is 7.29. The van der Waals surface area contributed by atoms with Crippen LogP contribution in [0.3, 0.4) is 0 Å². The number of hydrogen-bond donors (Lipinski definition) is 2. The fourth-order valence-corrected chi connectivity index (χ4v) is 1.12. The van der Waals surface area contributed by atoms with Crippen LogP contribution in [0.25, 0.3) is 0 Å². The monoisotopic (exact) mass is 234 g/mol. The lowest BCUT2D eigenvalue weighted by Gasteiger charge is -2.17. The molecule has 0 aliphatic carbocycles. The van der Waals surface area contributed by atoms with Gasteiger partial charge >= 0.3 is 6.18 Å². The summed E-state index contributed by atoms with van der Waals surface area (Å²) in [7, 11) is 0. The quantitative estimate of drug-likeness (QED) is 0.729. The number of benzene rings is 1. The van der Waals surface area contributed by atoms with E-state index in [1.54, 1.807) is 0 Å². The number of phenolic OH excluding ortho intramolecular Hbond substituents is 1. The average Bonchev–Trinajstić information content (AvgIpc) is 2.16. The van der Waals surface area contributed by atoms with Crippen molar-refractivity contribution in [3.63, 3.8) is 0 Å². The van der Waals surface area contributed by atoms with Crippen molar-refractivity contribution < 1.29 is 22.7 Å². The third-order valence-corrected chi connectivity index (χ3v) is 1.96. The van der Waals surface area contributed by atoms with Crippen molar-refractivity contribution in [2.24, 2.45) is 5.73 Å². The van der Waals surface area contributed by atoms with Crippen molar-refractivity contribution >= 4 is 0 Å². The van der Waals surface area contributed by atoms with Gasteiger partial charge in [0, 0.05) is 5.56 Å². The molecule has 0 unspecified atom stereocenters. The highest BCUT2D eigenvalue weighted by Crippen LogP contribution is 2.36. The first kappa shape index (κ1) is 12.3. The summed E-state index contributed by atoms with van der Waals surface area (Å²) in [6.45, 7) is 0. The molecule has 0 aliphatic heterocycles. The van der Waals surface area contributed by atoms with Crippen molar-refractivity contribution in [2.45, 2.75) is 12.2 Å². The Kier molecular flexibility index (Phi) is 3.05. The average molecular weight is 234 g/mol. The molecule has 0 saturated carbocycles. The summed E-state index contributed by atoms with van der Waals surface area (Å²) in [5.41, 5.74) is 3.25. The molecule has 0 heterocycles. The lowest BCUT2D eigenvalue weighted by atomic mass is 10.0. The van der Waals surface area contributed by atoms with E-state index in [1.165, 1.54) is 6.07 Å². The molecule has 3 N–H and O–H groups in total. The third-order valence-electron chi connectivity index (χ3n) is 1.96. The van der Waals surface area contributed by atoms with Crippen molar-refractivity contribution in [1.29, 1.82) is 5.26 Å². The molecule has 0 aromatic heterocycles. The van der Waals surface area contributed by atoms with Crippen molar-refractivity contribution in [1.82, 2.24) is 0 Å². The molecule has 0 spiro atoms. The summed E-state index contributed by atoms with van der Waals surface area (Å²) in [6.07, 6.45) is -4.78. The number of aromatic hydroxyl groups is 1. The minimum absolute atomic E-state index is 0.652. The Hall–Kier alpha value is -1.81. The van der Waals surface area contributed by atoms with Gasteiger partial charge in [-0.05, 0) is 6.07 Å². The molecule has 1 aromatic carbocycles. The molecule has 16 heavy (non-hydrogen) atoms. The highest BCUT2D eigenvalue weighted by Gasteiger charge is 2.39. The SMILES string of the molecule is N#Cc1c(F)ccc([C@H](N)C(F)(F)F)c1O. The number of halogens is 4. The molecule has 0 aliphatic rings. The van der Waals surface area contributed by atoms with Gasteiger partial charge in [0.1, 0.15) is 29.2 Å². The zero-order chi connectivity index (χ0) is 12.5. The van der Waals surface area contributed by atoms with Gasteiger partial charge in [-0.1, -0.05) is 6.07 Å². The molecule has 3 nitrogen and oxygen atoms in total. The second kappa shape index (κ2) is 3.98. The van der Waals surface area contributed by atoms with Crippen LogP contribution in [0.5, 0.6) is 5.75 Å². The molecule has 1 aromatic rings. The van der Waals surface area contributed by atoms with E-state index in [9.17, 15) is 22.7 Å². The molecule has 0 bridgehead atoms. The van der Waals surface area contributed by atoms with Gasteiger partial charge in [0.25, 0.3) is 0 Å². The molecule has 7 heteroatoms. The summed E-state index contributed by atoms with van der Waals surface area (Å²) < 4.78 is 49.6. The number of phenols is 1. The largest absolute Gasteiger partial charge is 0.506 e. The number of rotatable bonds is 1. The van der Waals surface area contributed by atoms with Gasteiger partial charge in [0.05, 0.1) is 0 Å². The third kappa shape index (κ3) is 2.06. The Bertz CT molecular complexity index is 450. The van der Waals surface area contributed by atoms with Gasteiger partial charge in [-0.15, -0.1) is 0 Å². The topological polar surface area (TPSA) is 70.0 Å². The lowest BCUT2D eigenvalue weighted by Crippen LogP contribution is -2.28. The van der Waals surface area contributed by atoms with Crippen LogP contribution in [0.1, 0.15) is 17.2 Å². The Morgan fingerprint density at radius 3 is 2.38 bits per heavy atom. The van der Waals surface area contributed by atoms with Crippen LogP contribution in [0.4, 0.5) is 17.6 Å². The summed E-state index contributed by atoms with van der Waals surface area (Å²) in [5, 5.41) is 17.7. The fraction of sp³-hybridized carbons (Fsp3) is 0.222. The molecular weight excluding hydrogens is 228 g/mol. The summed E-state index contributed by atoms with van der Waals surface area (Å²) >= 11 is 0. The molecule has 0 amide bonds. The molecular formula is C9H6F4N2O. The van der Waals surface area contributed by atoms with E-state index in [1.807, 2.05) is 0 Å². The van der Waals surface area contributed by atoms with E-state index < -0.39 is 34.9 Å². The van der Waals surface area contributed by atoms with E-state index >= 15 is 0 Å². The van der Waals surface area contributed by atoms with E-state index in [2.05, 4.69) is 0 Å². The Morgan fingerprint density at radius 1 is 1.38 bits per heavy atom. The first-order valence-electron chi connectivity index (χ1n) is 4.02. The van der Waals surface area contributed by atoms with Crippen LogP contribution in [0, 0.1) is 17.1 Å². The van der Waals surface area contributed by atoms with E-state index in [4.69, 9.17) is 11.0 Å². The molecule has 86 valence electrons. The molecule has 0 saturated heterocycles.